The molecule has 1 aliphatic rings. The first kappa shape index (κ1) is 22.8. The molecule has 164 valence electrons. The third kappa shape index (κ3) is 4.14. The average Bonchev–Trinajstić information content (AvgIpc) is 3.45. The quantitative estimate of drug-likeness (QED) is 0.574. The number of nitrogens with zero attached hydrogens (tertiary/aromatic N) is 3. The van der Waals surface area contributed by atoms with Crippen LogP contribution in [0.5, 0.6) is 0 Å². The fourth-order valence-electron chi connectivity index (χ4n) is 2.94. The second-order valence-corrected chi connectivity index (χ2v) is 10.6. The summed E-state index contributed by atoms with van der Waals surface area (Å²) in [7, 11) is -2.08. The lowest BCUT2D eigenvalue weighted by Gasteiger charge is -2.26. The number of hydrogen-bond donors (Lipinski definition) is 0. The van der Waals surface area contributed by atoms with Crippen molar-refractivity contribution in [2.75, 3.05) is 5.75 Å². The Kier molecular flexibility index (Phi) is 5.83. The first-order valence-electron chi connectivity index (χ1n) is 9.48. The molecule has 0 unspecified atom stereocenters. The molecule has 0 atom stereocenters. The summed E-state index contributed by atoms with van der Waals surface area (Å²) >= 11 is 5.73. The van der Waals surface area contributed by atoms with Crippen LogP contribution >= 0.6 is 11.6 Å². The lowest BCUT2D eigenvalue weighted by molar-refractivity contribution is -0.0821. The monoisotopic (exact) mass is 461 g/mol. The van der Waals surface area contributed by atoms with Crippen LogP contribution in [0.3, 0.4) is 0 Å². The molecule has 0 aromatic carbocycles. The van der Waals surface area contributed by atoms with Gasteiger partial charge in [0, 0.05) is 13.2 Å². The highest BCUT2D eigenvalue weighted by Gasteiger charge is 2.50. The van der Waals surface area contributed by atoms with E-state index in [4.69, 9.17) is 11.6 Å². The maximum absolute atomic E-state index is 14.2. The topological polar surface area (TPSA) is 64.8 Å². The van der Waals surface area contributed by atoms with Crippen LogP contribution < -0.4 is 0 Å². The van der Waals surface area contributed by atoms with Crippen molar-refractivity contribution in [3.05, 3.63) is 34.7 Å². The van der Waals surface area contributed by atoms with Gasteiger partial charge in [0.1, 0.15) is 5.69 Å². The predicted octanol–water partition coefficient (Wildman–Crippen LogP) is 5.12. The number of halogens is 4. The van der Waals surface area contributed by atoms with Crippen LogP contribution in [0.15, 0.2) is 28.4 Å². The Balaban J connectivity index is 2.09. The van der Waals surface area contributed by atoms with Crippen LogP contribution in [0.4, 0.5) is 13.2 Å². The first-order valence-corrected chi connectivity index (χ1v) is 11.5. The summed E-state index contributed by atoms with van der Waals surface area (Å²) in [6.45, 7) is 3.02. The summed E-state index contributed by atoms with van der Waals surface area (Å²) in [6.07, 6.45) is 5.78. The first-order chi connectivity index (χ1) is 13.8. The van der Waals surface area contributed by atoms with Crippen molar-refractivity contribution in [1.82, 2.24) is 14.5 Å². The number of allylic oxidation sites excluding steroid dienone is 1. The van der Waals surface area contributed by atoms with Crippen molar-refractivity contribution in [2.24, 2.45) is 7.05 Å². The van der Waals surface area contributed by atoms with Gasteiger partial charge in [-0.05, 0) is 50.3 Å². The van der Waals surface area contributed by atoms with Crippen molar-refractivity contribution in [3.63, 3.8) is 0 Å². The highest BCUT2D eigenvalue weighted by molar-refractivity contribution is 7.91. The van der Waals surface area contributed by atoms with Crippen molar-refractivity contribution in [1.29, 1.82) is 0 Å². The molecule has 5 nitrogen and oxygen atoms in total. The lowest BCUT2D eigenvalue weighted by atomic mass is 10.0. The molecular weight excluding hydrogens is 439 g/mol. The van der Waals surface area contributed by atoms with Crippen LogP contribution in [0, 0.1) is 0 Å². The summed E-state index contributed by atoms with van der Waals surface area (Å²) in [5.41, 5.74) is -1.71. The van der Waals surface area contributed by atoms with Crippen LogP contribution in [0.2, 0.25) is 0 Å². The van der Waals surface area contributed by atoms with Gasteiger partial charge >= 0.3 is 5.92 Å². The number of rotatable bonds is 7. The number of aromatic nitrogens is 3. The summed E-state index contributed by atoms with van der Waals surface area (Å²) < 4.78 is 68.9. The molecule has 0 saturated heterocycles. The van der Waals surface area contributed by atoms with E-state index in [0.29, 0.717) is 5.92 Å². The van der Waals surface area contributed by atoms with Crippen LogP contribution in [-0.4, -0.2) is 40.3 Å². The molecule has 2 aromatic heterocycles. The Bertz CT molecular complexity index is 1100. The van der Waals surface area contributed by atoms with E-state index in [1.54, 1.807) is 12.3 Å². The third-order valence-corrected chi connectivity index (χ3v) is 7.28. The molecular formula is C20H23ClF3N3O2S. The van der Waals surface area contributed by atoms with Crippen molar-refractivity contribution < 1.29 is 21.6 Å². The molecule has 0 N–H and O–H groups in total. The van der Waals surface area contributed by atoms with Crippen molar-refractivity contribution in [2.45, 2.75) is 56.0 Å². The second kappa shape index (κ2) is 7.67. The Morgan fingerprint density at radius 3 is 2.43 bits per heavy atom. The number of hydrogen-bond acceptors (Lipinski definition) is 4. The van der Waals surface area contributed by atoms with E-state index in [1.807, 2.05) is 0 Å². The Morgan fingerprint density at radius 2 is 1.90 bits per heavy atom. The van der Waals surface area contributed by atoms with Gasteiger partial charge < -0.3 is 4.57 Å². The van der Waals surface area contributed by atoms with Gasteiger partial charge in [-0.3, -0.25) is 4.98 Å². The molecule has 10 heteroatoms. The minimum Gasteiger partial charge on any atom is -0.326 e. The van der Waals surface area contributed by atoms with Gasteiger partial charge in [-0.25, -0.2) is 17.8 Å². The molecule has 0 aliphatic heterocycles. The molecule has 1 saturated carbocycles. The fourth-order valence-corrected chi connectivity index (χ4v) is 4.34. The minimum absolute atomic E-state index is 0.0555. The SMILES string of the molecule is CCS(=O)(=O)c1cc(C2CC2)cnc1-c1ncc(/C=C(\Cl)C(F)(F)C(C)(C)F)n1C. The summed E-state index contributed by atoms with van der Waals surface area (Å²) in [5.74, 6) is -3.53. The maximum atomic E-state index is 14.2. The minimum atomic E-state index is -3.90. The molecule has 30 heavy (non-hydrogen) atoms. The smallest absolute Gasteiger partial charge is 0.316 e. The van der Waals surface area contributed by atoms with Crippen LogP contribution in [0.1, 0.15) is 50.8 Å². The Hall–Kier alpha value is -1.87. The molecule has 1 fully saturated rings. The largest absolute Gasteiger partial charge is 0.326 e. The van der Waals surface area contributed by atoms with E-state index in [0.717, 1.165) is 38.3 Å². The highest BCUT2D eigenvalue weighted by Crippen LogP contribution is 2.42. The van der Waals surface area contributed by atoms with Gasteiger partial charge in [0.25, 0.3) is 0 Å². The van der Waals surface area contributed by atoms with Gasteiger partial charge in [-0.2, -0.15) is 8.78 Å². The van der Waals surface area contributed by atoms with E-state index >= 15 is 0 Å². The van der Waals surface area contributed by atoms with E-state index in [9.17, 15) is 21.6 Å². The number of pyridine rings is 1. The third-order valence-electron chi connectivity index (χ3n) is 5.19. The van der Waals surface area contributed by atoms with Crippen molar-refractivity contribution >= 4 is 27.5 Å². The van der Waals surface area contributed by atoms with E-state index in [-0.39, 0.29) is 27.9 Å². The average molecular weight is 462 g/mol. The number of alkyl halides is 3. The molecule has 2 aromatic rings. The van der Waals surface area contributed by atoms with Gasteiger partial charge in [-0.1, -0.05) is 18.5 Å². The summed E-state index contributed by atoms with van der Waals surface area (Å²) in [6, 6.07) is 1.62. The van der Waals surface area contributed by atoms with Crippen LogP contribution in [0.25, 0.3) is 17.6 Å². The molecule has 0 spiro atoms. The molecule has 3 rings (SSSR count). The van der Waals surface area contributed by atoms with E-state index < -0.39 is 26.5 Å². The van der Waals surface area contributed by atoms with E-state index in [1.165, 1.54) is 24.7 Å². The number of sulfone groups is 1. The molecule has 0 radical (unpaired) electrons. The zero-order chi connectivity index (χ0) is 22.5. The molecule has 1 aliphatic carbocycles. The second-order valence-electron chi connectivity index (χ2n) is 7.90. The van der Waals surface area contributed by atoms with Gasteiger partial charge in [0.2, 0.25) is 0 Å². The normalized spacial score (nSPS) is 16.2. The maximum Gasteiger partial charge on any atom is 0.316 e. The standard InChI is InChI=1S/C20H23ClF3N3O2S/c1-5-30(28,29)15-8-13(12-6-7-12)10-25-17(15)18-26-11-14(27(18)4)9-16(21)20(23,24)19(2,3)22/h8-12H,5-7H2,1-4H3/b16-9-. The van der Waals surface area contributed by atoms with Crippen LogP contribution in [-0.2, 0) is 16.9 Å². The molecule has 0 bridgehead atoms. The van der Waals surface area contributed by atoms with Crippen molar-refractivity contribution in [3.8, 4) is 11.5 Å². The van der Waals surface area contributed by atoms with Gasteiger partial charge in [0.05, 0.1) is 27.6 Å². The fraction of sp³-hybridized carbons (Fsp3) is 0.500. The zero-order valence-corrected chi connectivity index (χ0v) is 18.7. The zero-order valence-electron chi connectivity index (χ0n) is 17.1. The molecule has 0 amide bonds. The van der Waals surface area contributed by atoms with Gasteiger partial charge in [0.15, 0.2) is 21.3 Å². The van der Waals surface area contributed by atoms with Gasteiger partial charge in [-0.15, -0.1) is 0 Å². The summed E-state index contributed by atoms with van der Waals surface area (Å²) in [4.78, 5) is 8.57. The Labute approximate surface area is 178 Å². The Morgan fingerprint density at radius 1 is 1.27 bits per heavy atom. The van der Waals surface area contributed by atoms with E-state index in [2.05, 4.69) is 9.97 Å². The predicted molar refractivity (Wildman–Crippen MR) is 110 cm³/mol. The lowest BCUT2D eigenvalue weighted by Crippen LogP contribution is -2.39. The highest BCUT2D eigenvalue weighted by atomic mass is 35.5. The number of imidazole rings is 1. The summed E-state index contributed by atoms with van der Waals surface area (Å²) in [5, 5.41) is -0.983. The molecule has 2 heterocycles.